The third-order valence-corrected chi connectivity index (χ3v) is 2.42. The van der Waals surface area contributed by atoms with Crippen molar-refractivity contribution in [1.82, 2.24) is 0 Å². The number of rotatable bonds is 4. The smallest absolute Gasteiger partial charge is 0.313 e. The molecular weight excluding hydrogens is 211 g/mol. The highest BCUT2D eigenvalue weighted by atomic mass is 19.1. The molecule has 16 heavy (non-hydrogen) atoms. The van der Waals surface area contributed by atoms with E-state index in [0.717, 1.165) is 0 Å². The van der Waals surface area contributed by atoms with Crippen LogP contribution in [0.5, 0.6) is 0 Å². The molecule has 0 aliphatic carbocycles. The van der Waals surface area contributed by atoms with Crippen molar-refractivity contribution >= 4 is 12.3 Å². The van der Waals surface area contributed by atoms with Crippen LogP contribution in [0.3, 0.4) is 0 Å². The lowest BCUT2D eigenvalue weighted by Crippen LogP contribution is -2.15. The van der Waals surface area contributed by atoms with Crippen LogP contribution in [-0.2, 0) is 14.3 Å². The lowest BCUT2D eigenvalue weighted by atomic mass is 9.95. The summed E-state index contributed by atoms with van der Waals surface area (Å²) in [5, 5.41) is 0. The van der Waals surface area contributed by atoms with E-state index in [1.165, 1.54) is 13.2 Å². The second-order valence-electron chi connectivity index (χ2n) is 3.49. The number of carbonyl (C=O) groups excluding carboxylic acids is 2. The number of ether oxygens (including phenoxy) is 1. The summed E-state index contributed by atoms with van der Waals surface area (Å²) < 4.78 is 17.9. The van der Waals surface area contributed by atoms with Gasteiger partial charge in [0.05, 0.1) is 13.0 Å². The Kier molecular flexibility index (Phi) is 4.17. The molecule has 0 fully saturated rings. The highest BCUT2D eigenvalue weighted by Crippen LogP contribution is 2.22. The van der Waals surface area contributed by atoms with E-state index >= 15 is 0 Å². The van der Waals surface area contributed by atoms with E-state index in [1.807, 2.05) is 0 Å². The van der Waals surface area contributed by atoms with Gasteiger partial charge in [0.25, 0.3) is 0 Å². The summed E-state index contributed by atoms with van der Waals surface area (Å²) in [4.78, 5) is 21.9. The number of hydrogen-bond acceptors (Lipinski definition) is 3. The van der Waals surface area contributed by atoms with Crippen molar-refractivity contribution in [2.45, 2.75) is 19.3 Å². The van der Waals surface area contributed by atoms with Crippen LogP contribution in [0.25, 0.3) is 0 Å². The largest absolute Gasteiger partial charge is 0.469 e. The highest BCUT2D eigenvalue weighted by Gasteiger charge is 2.21. The van der Waals surface area contributed by atoms with Crippen LogP contribution >= 0.6 is 0 Å². The Morgan fingerprint density at radius 1 is 1.56 bits per heavy atom. The first-order valence-corrected chi connectivity index (χ1v) is 4.87. The van der Waals surface area contributed by atoms with E-state index in [0.29, 0.717) is 17.4 Å². The summed E-state index contributed by atoms with van der Waals surface area (Å²) in [5.41, 5.74) is 0.959. The molecule has 0 aliphatic heterocycles. The van der Waals surface area contributed by atoms with Gasteiger partial charge in [0.15, 0.2) is 0 Å². The van der Waals surface area contributed by atoms with Gasteiger partial charge in [0.2, 0.25) is 0 Å². The number of aldehydes is 1. The third-order valence-electron chi connectivity index (χ3n) is 2.42. The number of esters is 1. The zero-order valence-electron chi connectivity index (χ0n) is 9.20. The maximum atomic E-state index is 13.3. The maximum Gasteiger partial charge on any atom is 0.313 e. The number of methoxy groups -OCH3 is 1. The zero-order chi connectivity index (χ0) is 12.1. The first-order valence-electron chi connectivity index (χ1n) is 4.87. The van der Waals surface area contributed by atoms with Gasteiger partial charge >= 0.3 is 5.97 Å². The quantitative estimate of drug-likeness (QED) is 0.580. The normalized spacial score (nSPS) is 11.9. The van der Waals surface area contributed by atoms with E-state index in [4.69, 9.17) is 0 Å². The molecule has 0 heterocycles. The van der Waals surface area contributed by atoms with Gasteiger partial charge in [-0.3, -0.25) is 4.79 Å². The Bertz CT molecular complexity index is 401. The Hall–Kier alpha value is -1.71. The topological polar surface area (TPSA) is 43.4 Å². The van der Waals surface area contributed by atoms with Crippen molar-refractivity contribution in [3.8, 4) is 0 Å². The molecule has 0 bridgehead atoms. The second-order valence-corrected chi connectivity index (χ2v) is 3.49. The molecule has 0 radical (unpaired) electrons. The number of benzene rings is 1. The van der Waals surface area contributed by atoms with Crippen molar-refractivity contribution in [1.29, 1.82) is 0 Å². The maximum absolute atomic E-state index is 13.3. The Balaban J connectivity index is 3.05. The lowest BCUT2D eigenvalue weighted by molar-refractivity contribution is -0.143. The van der Waals surface area contributed by atoms with Crippen LogP contribution in [0.1, 0.15) is 23.5 Å². The van der Waals surface area contributed by atoms with Gasteiger partial charge < -0.3 is 9.53 Å². The van der Waals surface area contributed by atoms with E-state index in [1.54, 1.807) is 19.1 Å². The molecule has 4 heteroatoms. The molecule has 86 valence electrons. The van der Waals surface area contributed by atoms with Gasteiger partial charge in [-0.05, 0) is 24.1 Å². The molecule has 0 spiro atoms. The summed E-state index contributed by atoms with van der Waals surface area (Å²) in [6.45, 7) is 1.63. The van der Waals surface area contributed by atoms with Crippen molar-refractivity contribution in [2.75, 3.05) is 7.11 Å². The number of carbonyl (C=O) groups is 2. The number of aryl methyl sites for hydroxylation is 1. The predicted octanol–water partition coefficient (Wildman–Crippen LogP) is 1.98. The summed E-state index contributed by atoms with van der Waals surface area (Å²) >= 11 is 0. The molecule has 0 saturated carbocycles. The molecule has 0 aliphatic rings. The van der Waals surface area contributed by atoms with Crippen molar-refractivity contribution in [3.05, 3.63) is 35.1 Å². The van der Waals surface area contributed by atoms with Crippen LogP contribution in [0.15, 0.2) is 18.2 Å². The van der Waals surface area contributed by atoms with Crippen LogP contribution in [0.2, 0.25) is 0 Å². The molecular formula is C12H13FO3. The van der Waals surface area contributed by atoms with Crippen molar-refractivity contribution in [3.63, 3.8) is 0 Å². The first-order chi connectivity index (χ1) is 7.60. The summed E-state index contributed by atoms with van der Waals surface area (Å²) in [6, 6.07) is 4.47. The Labute approximate surface area is 93.2 Å². The summed E-state index contributed by atoms with van der Waals surface area (Å²) in [7, 11) is 1.24. The molecule has 1 aromatic carbocycles. The molecule has 1 rings (SSSR count). The van der Waals surface area contributed by atoms with Gasteiger partial charge in [0.1, 0.15) is 12.1 Å². The van der Waals surface area contributed by atoms with Gasteiger partial charge in [-0.1, -0.05) is 12.1 Å². The van der Waals surface area contributed by atoms with Gasteiger partial charge in [-0.15, -0.1) is 0 Å². The van der Waals surface area contributed by atoms with Crippen LogP contribution in [0, 0.1) is 12.7 Å². The molecule has 0 amide bonds. The average molecular weight is 224 g/mol. The van der Waals surface area contributed by atoms with Gasteiger partial charge in [0, 0.05) is 6.42 Å². The van der Waals surface area contributed by atoms with E-state index in [9.17, 15) is 14.0 Å². The zero-order valence-corrected chi connectivity index (χ0v) is 9.20. The van der Waals surface area contributed by atoms with Crippen LogP contribution in [0.4, 0.5) is 4.39 Å². The number of halogens is 1. The summed E-state index contributed by atoms with van der Waals surface area (Å²) in [6.07, 6.45) is 0.620. The first kappa shape index (κ1) is 12.4. The fourth-order valence-corrected chi connectivity index (χ4v) is 1.43. The Morgan fingerprint density at radius 2 is 2.25 bits per heavy atom. The molecule has 0 saturated heterocycles. The fraction of sp³-hybridized carbons (Fsp3) is 0.333. The van der Waals surface area contributed by atoms with E-state index in [2.05, 4.69) is 4.74 Å². The van der Waals surface area contributed by atoms with Gasteiger partial charge in [-0.25, -0.2) is 4.39 Å². The minimum Gasteiger partial charge on any atom is -0.469 e. The van der Waals surface area contributed by atoms with Crippen molar-refractivity contribution < 1.29 is 18.7 Å². The van der Waals surface area contributed by atoms with Gasteiger partial charge in [-0.2, -0.15) is 0 Å². The Morgan fingerprint density at radius 3 is 2.75 bits per heavy atom. The van der Waals surface area contributed by atoms with Crippen molar-refractivity contribution in [2.24, 2.45) is 0 Å². The average Bonchev–Trinajstić information content (AvgIpc) is 2.29. The van der Waals surface area contributed by atoms with E-state index in [-0.39, 0.29) is 6.42 Å². The molecule has 1 atom stereocenters. The third kappa shape index (κ3) is 2.66. The molecule has 3 nitrogen and oxygen atoms in total. The second kappa shape index (κ2) is 5.39. The summed E-state index contributed by atoms with van der Waals surface area (Å²) in [5.74, 6) is -1.65. The minimum atomic E-state index is -0.724. The van der Waals surface area contributed by atoms with E-state index < -0.39 is 17.7 Å². The SMILES string of the molecule is COC(=O)C(CC=O)c1ccc(C)c(F)c1. The molecule has 0 aromatic heterocycles. The standard InChI is InChI=1S/C12H13FO3/c1-8-3-4-9(7-11(8)13)10(5-6-14)12(15)16-2/h3-4,6-7,10H,5H2,1-2H3. The van der Waals surface area contributed by atoms with Crippen LogP contribution < -0.4 is 0 Å². The number of hydrogen-bond donors (Lipinski definition) is 0. The molecule has 0 N–H and O–H groups in total. The lowest BCUT2D eigenvalue weighted by Gasteiger charge is -2.12. The van der Waals surface area contributed by atoms with Crippen LogP contribution in [-0.4, -0.2) is 19.4 Å². The minimum absolute atomic E-state index is 0.00479. The predicted molar refractivity (Wildman–Crippen MR) is 56.6 cm³/mol. The molecule has 1 unspecified atom stereocenters. The highest BCUT2D eigenvalue weighted by molar-refractivity contribution is 5.81. The monoisotopic (exact) mass is 224 g/mol. The molecule has 1 aromatic rings. The fourth-order valence-electron chi connectivity index (χ4n) is 1.43.